The Morgan fingerprint density at radius 2 is 1.68 bits per heavy atom. The van der Waals surface area contributed by atoms with Gasteiger partial charge >= 0.3 is 0 Å². The first kappa shape index (κ1) is 11.9. The molecule has 3 rings (SSSR count). The fourth-order valence-corrected chi connectivity index (χ4v) is 1.82. The Bertz CT molecular complexity index is 764. The number of hydrogen-bond donors (Lipinski definition) is 0. The molecule has 0 fully saturated rings. The maximum absolute atomic E-state index is 13.7. The van der Waals surface area contributed by atoms with Crippen molar-refractivity contribution in [1.82, 2.24) is 19.8 Å². The van der Waals surface area contributed by atoms with E-state index in [1.165, 1.54) is 12.1 Å². The number of aromatic nitrogens is 4. The second-order valence-corrected chi connectivity index (χ2v) is 4.08. The van der Waals surface area contributed by atoms with Gasteiger partial charge in [-0.1, -0.05) is 11.6 Å². The van der Waals surface area contributed by atoms with E-state index in [0.29, 0.717) is 12.1 Å². The number of fused-ring (bicyclic) bond motifs is 1. The van der Waals surface area contributed by atoms with Crippen molar-refractivity contribution in [2.45, 2.75) is 0 Å². The smallest absolute Gasteiger partial charge is 0.191 e. The van der Waals surface area contributed by atoms with Crippen LogP contribution in [0.3, 0.4) is 0 Å². The molecule has 0 spiro atoms. The maximum atomic E-state index is 13.7. The Morgan fingerprint density at radius 3 is 2.37 bits per heavy atom. The number of halogens is 4. The Balaban J connectivity index is 2.33. The van der Waals surface area contributed by atoms with Crippen LogP contribution in [-0.4, -0.2) is 19.8 Å². The summed E-state index contributed by atoms with van der Waals surface area (Å²) in [6, 6.07) is 4.08. The van der Waals surface area contributed by atoms with Gasteiger partial charge in [-0.05, 0) is 12.1 Å². The molecule has 0 aliphatic heterocycles. The summed E-state index contributed by atoms with van der Waals surface area (Å²) in [7, 11) is 0. The van der Waals surface area contributed by atoms with E-state index in [4.69, 9.17) is 11.6 Å². The molecule has 0 unspecified atom stereocenters. The van der Waals surface area contributed by atoms with Crippen LogP contribution in [0.1, 0.15) is 0 Å². The molecule has 0 N–H and O–H groups in total. The molecule has 0 bridgehead atoms. The second kappa shape index (κ2) is 4.20. The van der Waals surface area contributed by atoms with Gasteiger partial charge in [-0.3, -0.25) is 0 Å². The molecule has 3 aromatic rings. The summed E-state index contributed by atoms with van der Waals surface area (Å²) >= 11 is 5.70. The largest absolute Gasteiger partial charge is 0.207 e. The zero-order valence-corrected chi connectivity index (χ0v) is 9.87. The minimum atomic E-state index is -1.09. The molecule has 1 aromatic carbocycles. The standard InChI is InChI=1S/C11H4ClF3N4/c12-8-1-2-9-16-17-11(19(9)18-8)10-6(14)3-5(13)4-7(10)15/h1-4H. The van der Waals surface area contributed by atoms with Gasteiger partial charge in [0, 0.05) is 12.1 Å². The summed E-state index contributed by atoms with van der Waals surface area (Å²) in [6.07, 6.45) is 0. The van der Waals surface area contributed by atoms with Gasteiger partial charge in [0.2, 0.25) is 0 Å². The molecule has 2 heterocycles. The second-order valence-electron chi connectivity index (χ2n) is 3.69. The van der Waals surface area contributed by atoms with Crippen LogP contribution in [0.25, 0.3) is 17.0 Å². The van der Waals surface area contributed by atoms with Crippen LogP contribution in [0.2, 0.25) is 5.15 Å². The zero-order chi connectivity index (χ0) is 13.6. The van der Waals surface area contributed by atoms with Crippen molar-refractivity contribution < 1.29 is 13.2 Å². The quantitative estimate of drug-likeness (QED) is 0.690. The molecule has 0 aliphatic rings. The van der Waals surface area contributed by atoms with E-state index in [9.17, 15) is 13.2 Å². The summed E-state index contributed by atoms with van der Waals surface area (Å²) in [5.74, 6) is -3.38. The molecular weight excluding hydrogens is 281 g/mol. The predicted octanol–water partition coefficient (Wildman–Crippen LogP) is 2.86. The van der Waals surface area contributed by atoms with Crippen molar-refractivity contribution in [3.8, 4) is 11.4 Å². The summed E-state index contributed by atoms with van der Waals surface area (Å²) in [6.45, 7) is 0. The summed E-state index contributed by atoms with van der Waals surface area (Å²) in [5, 5.41) is 11.3. The van der Waals surface area contributed by atoms with Crippen LogP contribution in [0.15, 0.2) is 24.3 Å². The molecule has 0 aliphatic carbocycles. The molecule has 96 valence electrons. The van der Waals surface area contributed by atoms with Crippen LogP contribution in [0.5, 0.6) is 0 Å². The molecule has 2 aromatic heterocycles. The van der Waals surface area contributed by atoms with Crippen LogP contribution in [0.4, 0.5) is 13.2 Å². The first-order chi connectivity index (χ1) is 9.06. The fourth-order valence-electron chi connectivity index (χ4n) is 1.68. The van der Waals surface area contributed by atoms with Crippen molar-refractivity contribution >= 4 is 17.2 Å². The molecule has 0 atom stereocenters. The van der Waals surface area contributed by atoms with Gasteiger partial charge in [0.15, 0.2) is 11.5 Å². The molecule has 0 radical (unpaired) electrons. The average molecular weight is 285 g/mol. The van der Waals surface area contributed by atoms with Gasteiger partial charge < -0.3 is 0 Å². The van der Waals surface area contributed by atoms with Gasteiger partial charge in [0.1, 0.15) is 22.6 Å². The summed E-state index contributed by atoms with van der Waals surface area (Å²) < 4.78 is 41.3. The maximum Gasteiger partial charge on any atom is 0.191 e. The Labute approximate surface area is 109 Å². The Morgan fingerprint density at radius 1 is 1.00 bits per heavy atom. The summed E-state index contributed by atoms with van der Waals surface area (Å²) in [5.41, 5.74) is -0.244. The molecule has 8 heteroatoms. The van der Waals surface area contributed by atoms with Crippen molar-refractivity contribution in [3.63, 3.8) is 0 Å². The van der Waals surface area contributed by atoms with Crippen LogP contribution < -0.4 is 0 Å². The monoisotopic (exact) mass is 284 g/mol. The van der Waals surface area contributed by atoms with E-state index in [1.54, 1.807) is 0 Å². The Hall–Kier alpha value is -2.15. The third-order valence-electron chi connectivity index (χ3n) is 2.46. The van der Waals surface area contributed by atoms with Gasteiger partial charge in [0.25, 0.3) is 0 Å². The average Bonchev–Trinajstić information content (AvgIpc) is 2.71. The van der Waals surface area contributed by atoms with Gasteiger partial charge in [-0.25, -0.2) is 13.2 Å². The van der Waals surface area contributed by atoms with E-state index in [1.807, 2.05) is 0 Å². The molecule has 19 heavy (non-hydrogen) atoms. The van der Waals surface area contributed by atoms with Crippen molar-refractivity contribution in [2.24, 2.45) is 0 Å². The predicted molar refractivity (Wildman–Crippen MR) is 61.1 cm³/mol. The van der Waals surface area contributed by atoms with Gasteiger partial charge in [-0.15, -0.1) is 10.2 Å². The lowest BCUT2D eigenvalue weighted by atomic mass is 10.2. The highest BCUT2D eigenvalue weighted by molar-refractivity contribution is 6.29. The number of benzene rings is 1. The zero-order valence-electron chi connectivity index (χ0n) is 9.11. The van der Waals surface area contributed by atoms with E-state index < -0.39 is 23.0 Å². The van der Waals surface area contributed by atoms with Crippen molar-refractivity contribution in [2.75, 3.05) is 0 Å². The Kier molecular flexibility index (Phi) is 2.63. The normalized spacial score (nSPS) is 11.2. The highest BCUT2D eigenvalue weighted by Crippen LogP contribution is 2.25. The highest BCUT2D eigenvalue weighted by atomic mass is 35.5. The lowest BCUT2D eigenvalue weighted by molar-refractivity contribution is 0.546. The first-order valence-corrected chi connectivity index (χ1v) is 5.47. The SMILES string of the molecule is Fc1cc(F)c(-c2nnc3ccc(Cl)nn23)c(F)c1. The fraction of sp³-hybridized carbons (Fsp3) is 0. The summed E-state index contributed by atoms with van der Waals surface area (Å²) in [4.78, 5) is 0. The van der Waals surface area contributed by atoms with E-state index >= 15 is 0 Å². The lowest BCUT2D eigenvalue weighted by Gasteiger charge is -2.03. The molecule has 0 saturated heterocycles. The molecular formula is C11H4ClF3N4. The number of nitrogens with zero attached hydrogens (tertiary/aromatic N) is 4. The highest BCUT2D eigenvalue weighted by Gasteiger charge is 2.19. The topological polar surface area (TPSA) is 43.1 Å². The van der Waals surface area contributed by atoms with E-state index in [2.05, 4.69) is 15.3 Å². The first-order valence-electron chi connectivity index (χ1n) is 5.09. The number of hydrogen-bond acceptors (Lipinski definition) is 3. The van der Waals surface area contributed by atoms with Crippen LogP contribution >= 0.6 is 11.6 Å². The molecule has 0 saturated carbocycles. The van der Waals surface area contributed by atoms with Gasteiger partial charge in [-0.2, -0.15) is 9.61 Å². The third-order valence-corrected chi connectivity index (χ3v) is 2.66. The van der Waals surface area contributed by atoms with Crippen molar-refractivity contribution in [1.29, 1.82) is 0 Å². The van der Waals surface area contributed by atoms with Crippen LogP contribution in [0, 0.1) is 17.5 Å². The van der Waals surface area contributed by atoms with Crippen molar-refractivity contribution in [3.05, 3.63) is 46.9 Å². The minimum absolute atomic E-state index is 0.108. The van der Waals surface area contributed by atoms with Crippen LogP contribution in [-0.2, 0) is 0 Å². The van der Waals surface area contributed by atoms with E-state index in [-0.39, 0.29) is 16.6 Å². The molecule has 4 nitrogen and oxygen atoms in total. The van der Waals surface area contributed by atoms with Gasteiger partial charge in [0.05, 0.1) is 5.56 Å². The minimum Gasteiger partial charge on any atom is -0.207 e. The van der Waals surface area contributed by atoms with E-state index in [0.717, 1.165) is 4.52 Å². The number of rotatable bonds is 1. The lowest BCUT2D eigenvalue weighted by Crippen LogP contribution is -2.00. The molecule has 0 amide bonds. The third kappa shape index (κ3) is 1.91.